The van der Waals surface area contributed by atoms with Crippen LogP contribution in [0.4, 0.5) is 0 Å². The maximum Gasteiger partial charge on any atom is 0 e. The second-order valence-electron chi connectivity index (χ2n) is 0. The van der Waals surface area contributed by atoms with E-state index in [4.69, 9.17) is 0 Å². The topological polar surface area (TPSA) is 0 Å². The summed E-state index contributed by atoms with van der Waals surface area (Å²) in [5.74, 6) is 0. The Hall–Kier alpha value is 4.00. The van der Waals surface area contributed by atoms with Crippen LogP contribution in [0.2, 0.25) is 0 Å². The molecule has 5 heteroatoms. The van der Waals surface area contributed by atoms with Gasteiger partial charge in [0.05, 0.1) is 0 Å². The molecule has 0 bridgehead atoms. The van der Waals surface area contributed by atoms with Crippen LogP contribution in [0, 0.1) is 0 Å². The number of rotatable bonds is 0. The Bertz CT molecular complexity index is 11.6. The third kappa shape index (κ3) is 18.0. The van der Waals surface area contributed by atoms with E-state index in [2.05, 4.69) is 0 Å². The maximum absolute atomic E-state index is 0. The predicted molar refractivity (Wildman–Crippen MR) is 23.0 cm³/mol. The van der Waals surface area contributed by atoms with Crippen molar-refractivity contribution >= 4 is 105 Å². The van der Waals surface area contributed by atoms with Crippen LogP contribution in [0.1, 0.15) is 0 Å². The van der Waals surface area contributed by atoms with E-state index >= 15 is 0 Å². The van der Waals surface area contributed by atoms with Crippen LogP contribution >= 0.6 is 0 Å². The van der Waals surface area contributed by atoms with Crippen LogP contribution in [0.15, 0.2) is 0 Å². The molecule has 0 heterocycles. The first-order valence-electron chi connectivity index (χ1n) is 0. The minimum atomic E-state index is 0. The summed E-state index contributed by atoms with van der Waals surface area (Å²) in [6.07, 6.45) is 0. The van der Waals surface area contributed by atoms with Crippen LogP contribution < -0.4 is 0 Å². The second-order valence-corrected chi connectivity index (χ2v) is 0. The van der Waals surface area contributed by atoms with Crippen LogP contribution in [-0.2, 0) is 17.1 Å². The molecule has 0 unspecified atom stereocenters. The molecule has 0 amide bonds. The van der Waals surface area contributed by atoms with E-state index in [9.17, 15) is 0 Å². The number of hydrogen-bond donors (Lipinski definition) is 0. The molecule has 19 valence electrons. The van der Waals surface area contributed by atoms with Crippen molar-refractivity contribution in [2.75, 3.05) is 0 Å². The van der Waals surface area contributed by atoms with Crippen LogP contribution in [0.25, 0.3) is 0 Å². The van der Waals surface area contributed by atoms with Gasteiger partial charge in [0.1, 0.15) is 0 Å². The van der Waals surface area contributed by atoms with Gasteiger partial charge in [-0.3, -0.25) is 0 Å². The van der Waals surface area contributed by atoms with Crippen molar-refractivity contribution < 1.29 is 17.1 Å². The van der Waals surface area contributed by atoms with Crippen LogP contribution in [-0.4, -0.2) is 105 Å². The van der Waals surface area contributed by atoms with E-state index < -0.39 is 0 Å². The van der Waals surface area contributed by atoms with Gasteiger partial charge in [-0.1, -0.05) is 0 Å². The normalized spacial score (nSPS) is 0. The fraction of sp³-hybridized carbons (Fsp3) is 0. The minimum Gasteiger partial charge on any atom is 0 e. The smallest absolute Gasteiger partial charge is 0 e. The average Bonchev–Trinajstić information content (AvgIpc) is 0. The van der Waals surface area contributed by atoms with Crippen LogP contribution in [0.3, 0.4) is 0 Å². The molecule has 0 nitrogen and oxygen atoms in total. The van der Waals surface area contributed by atoms with Gasteiger partial charge in [-0.05, 0) is 0 Å². The average molecular weight is 354 g/mol. The van der Waals surface area contributed by atoms with Crippen molar-refractivity contribution in [2.45, 2.75) is 0 Å². The summed E-state index contributed by atoms with van der Waals surface area (Å²) < 4.78 is 0. The maximum atomic E-state index is 0. The zero-order valence-electron chi connectivity index (χ0n) is 2.85. The molecule has 0 saturated carbocycles. The SMILES string of the molecule is [Al].[Ca].[Fe].[Mg].[Pb]. The van der Waals surface area contributed by atoms with E-state index in [0.717, 1.165) is 0 Å². The van der Waals surface area contributed by atoms with Gasteiger partial charge in [0.2, 0.25) is 0 Å². The molecule has 0 spiro atoms. The third-order valence-corrected chi connectivity index (χ3v) is 0. The molecule has 0 N–H and O–H groups in total. The molecular weight excluding hydrogens is 354 g/mol. The van der Waals surface area contributed by atoms with E-state index in [-0.39, 0.29) is 123 Å². The Morgan fingerprint density at radius 3 is 1.00 bits per heavy atom. The fourth-order valence-corrected chi connectivity index (χ4v) is 0. The number of hydrogen-bond acceptors (Lipinski definition) is 0. The molecule has 0 aliphatic rings. The Labute approximate surface area is 120 Å². The molecule has 11 radical (unpaired) electrons. The van der Waals surface area contributed by atoms with Gasteiger partial charge in [-0.25, -0.2) is 0 Å². The molecule has 0 rings (SSSR count). The van der Waals surface area contributed by atoms with E-state index in [1.807, 2.05) is 0 Å². The van der Waals surface area contributed by atoms with Crippen molar-refractivity contribution in [3.63, 3.8) is 0 Å². The minimum absolute atomic E-state index is 0. The Balaban J connectivity index is 0. The molecule has 0 aliphatic heterocycles. The van der Waals surface area contributed by atoms with E-state index in [0.29, 0.717) is 0 Å². The Morgan fingerprint density at radius 2 is 1.00 bits per heavy atom. The van der Waals surface area contributed by atoms with Crippen molar-refractivity contribution in [3.8, 4) is 0 Å². The van der Waals surface area contributed by atoms with E-state index in [1.165, 1.54) is 0 Å². The summed E-state index contributed by atoms with van der Waals surface area (Å²) >= 11 is 0. The molecule has 0 aromatic rings. The summed E-state index contributed by atoms with van der Waals surface area (Å²) in [5.41, 5.74) is 0. The van der Waals surface area contributed by atoms with Crippen molar-refractivity contribution in [3.05, 3.63) is 0 Å². The molecule has 5 heavy (non-hydrogen) atoms. The van der Waals surface area contributed by atoms with Gasteiger partial charge in [0.15, 0.2) is 0 Å². The quantitative estimate of drug-likeness (QED) is 0.464. The molecule has 0 saturated heterocycles. The molecular formula is AlCaFeMgPb. The summed E-state index contributed by atoms with van der Waals surface area (Å²) in [6.45, 7) is 0. The summed E-state index contributed by atoms with van der Waals surface area (Å²) in [4.78, 5) is 0. The first-order valence-corrected chi connectivity index (χ1v) is 0. The zero-order chi connectivity index (χ0) is 0. The van der Waals surface area contributed by atoms with Crippen molar-refractivity contribution in [1.29, 1.82) is 0 Å². The zero-order valence-corrected chi connectivity index (χ0v) is 12.6. The molecule has 0 aromatic carbocycles. The van der Waals surface area contributed by atoms with E-state index in [1.54, 1.807) is 0 Å². The van der Waals surface area contributed by atoms with Gasteiger partial charge in [0.25, 0.3) is 0 Å². The first kappa shape index (κ1) is 36.0. The predicted octanol–water partition coefficient (Wildman–Crippen LogP) is -1.53. The van der Waals surface area contributed by atoms with Crippen molar-refractivity contribution in [2.24, 2.45) is 0 Å². The Morgan fingerprint density at radius 1 is 1.00 bits per heavy atom. The van der Waals surface area contributed by atoms with Crippen molar-refractivity contribution in [1.82, 2.24) is 0 Å². The largest absolute Gasteiger partial charge is 0 e. The fourth-order valence-electron chi connectivity index (χ4n) is 0. The van der Waals surface area contributed by atoms with Gasteiger partial charge in [-0.15, -0.1) is 0 Å². The standard InChI is InChI=1S/Al.Ca.Fe.Mg.Pb. The second kappa shape index (κ2) is 24.5. The van der Waals surface area contributed by atoms with Gasteiger partial charge < -0.3 is 0 Å². The van der Waals surface area contributed by atoms with Gasteiger partial charge >= 0.3 is 0 Å². The molecule has 0 atom stereocenters. The Kier molecular flexibility index (Phi) is 176. The third-order valence-electron chi connectivity index (χ3n) is 0. The summed E-state index contributed by atoms with van der Waals surface area (Å²) in [5, 5.41) is 0. The van der Waals surface area contributed by atoms with Gasteiger partial charge in [0, 0.05) is 123 Å². The molecule has 0 fully saturated rings. The molecule has 0 aliphatic carbocycles. The molecule has 0 aromatic heterocycles. The monoisotopic (exact) mass is 355 g/mol. The first-order chi connectivity index (χ1) is 0. The van der Waals surface area contributed by atoms with Crippen LogP contribution in [0.5, 0.6) is 0 Å². The van der Waals surface area contributed by atoms with Gasteiger partial charge in [-0.2, -0.15) is 0 Å². The summed E-state index contributed by atoms with van der Waals surface area (Å²) in [6, 6.07) is 0. The summed E-state index contributed by atoms with van der Waals surface area (Å²) in [7, 11) is 0.